The summed E-state index contributed by atoms with van der Waals surface area (Å²) in [5.74, 6) is 2.01. The van der Waals surface area contributed by atoms with Gasteiger partial charge in [-0.2, -0.15) is 5.10 Å². The third-order valence-corrected chi connectivity index (χ3v) is 6.07. The van der Waals surface area contributed by atoms with Crippen LogP contribution in [0.2, 0.25) is 0 Å². The summed E-state index contributed by atoms with van der Waals surface area (Å²) in [6.45, 7) is 3.03. The van der Waals surface area contributed by atoms with E-state index >= 15 is 0 Å². The second-order valence-corrected chi connectivity index (χ2v) is 7.75. The fourth-order valence-corrected chi connectivity index (χ4v) is 4.70. The van der Waals surface area contributed by atoms with Crippen molar-refractivity contribution in [1.82, 2.24) is 15.1 Å². The molecule has 2 aliphatic carbocycles. The molecular weight excluding hydrogens is 334 g/mol. The quantitative estimate of drug-likeness (QED) is 0.759. The van der Waals surface area contributed by atoms with Crippen molar-refractivity contribution in [2.45, 2.75) is 25.8 Å². The molecule has 2 aromatic carbocycles. The Morgan fingerprint density at radius 3 is 2.78 bits per heavy atom. The molecule has 4 heteroatoms. The summed E-state index contributed by atoms with van der Waals surface area (Å²) >= 11 is 0. The van der Waals surface area contributed by atoms with Gasteiger partial charge in [0, 0.05) is 18.3 Å². The summed E-state index contributed by atoms with van der Waals surface area (Å²) in [5, 5.41) is 7.63. The highest BCUT2D eigenvalue weighted by atomic mass is 16.2. The number of hydrogen-bond acceptors (Lipinski definition) is 2. The number of hydrogen-bond donors (Lipinski definition) is 1. The van der Waals surface area contributed by atoms with Crippen LogP contribution in [0.5, 0.6) is 0 Å². The minimum absolute atomic E-state index is 0.0374. The minimum Gasteiger partial charge on any atom is -0.354 e. The second-order valence-electron chi connectivity index (χ2n) is 7.75. The third kappa shape index (κ3) is 2.95. The number of rotatable bonds is 5. The largest absolute Gasteiger partial charge is 0.354 e. The fourth-order valence-electron chi connectivity index (χ4n) is 4.70. The van der Waals surface area contributed by atoms with Gasteiger partial charge in [0.15, 0.2) is 0 Å². The van der Waals surface area contributed by atoms with Crippen molar-refractivity contribution >= 4 is 5.91 Å². The van der Waals surface area contributed by atoms with Crippen LogP contribution < -0.4 is 5.32 Å². The topological polar surface area (TPSA) is 46.9 Å². The number of amides is 1. The average Bonchev–Trinajstić information content (AvgIpc) is 3.02. The van der Waals surface area contributed by atoms with Gasteiger partial charge in [-0.3, -0.25) is 9.48 Å². The molecule has 1 saturated carbocycles. The van der Waals surface area contributed by atoms with Gasteiger partial charge in [-0.1, -0.05) is 54.6 Å². The van der Waals surface area contributed by atoms with E-state index in [1.807, 2.05) is 31.3 Å². The summed E-state index contributed by atoms with van der Waals surface area (Å²) in [5.41, 5.74) is 6.15. The van der Waals surface area contributed by atoms with Crippen molar-refractivity contribution < 1.29 is 4.79 Å². The zero-order valence-corrected chi connectivity index (χ0v) is 15.4. The van der Waals surface area contributed by atoms with Crippen molar-refractivity contribution in [1.29, 1.82) is 0 Å². The van der Waals surface area contributed by atoms with Gasteiger partial charge in [0.25, 0.3) is 0 Å². The third-order valence-electron chi connectivity index (χ3n) is 6.07. The van der Waals surface area contributed by atoms with Crippen molar-refractivity contribution in [3.8, 4) is 11.1 Å². The molecule has 0 bridgehead atoms. The molecule has 1 amide bonds. The van der Waals surface area contributed by atoms with Crippen LogP contribution >= 0.6 is 0 Å². The molecule has 0 saturated heterocycles. The molecule has 2 aliphatic rings. The zero-order chi connectivity index (χ0) is 18.4. The van der Waals surface area contributed by atoms with Gasteiger partial charge in [0.1, 0.15) is 6.54 Å². The first kappa shape index (κ1) is 16.3. The summed E-state index contributed by atoms with van der Waals surface area (Å²) in [4.78, 5) is 12.4. The average molecular weight is 357 g/mol. The Labute approximate surface area is 159 Å². The van der Waals surface area contributed by atoms with Crippen LogP contribution in [-0.4, -0.2) is 22.2 Å². The van der Waals surface area contributed by atoms with Gasteiger partial charge in [-0.15, -0.1) is 0 Å². The Morgan fingerprint density at radius 2 is 1.93 bits per heavy atom. The maximum absolute atomic E-state index is 12.4. The Bertz CT molecular complexity index is 992. The Kier molecular flexibility index (Phi) is 3.85. The lowest BCUT2D eigenvalue weighted by Crippen LogP contribution is -2.30. The van der Waals surface area contributed by atoms with E-state index in [0.29, 0.717) is 11.8 Å². The lowest BCUT2D eigenvalue weighted by Gasteiger charge is -2.09. The van der Waals surface area contributed by atoms with Crippen molar-refractivity contribution in [2.75, 3.05) is 6.54 Å². The molecule has 136 valence electrons. The van der Waals surface area contributed by atoms with Gasteiger partial charge in [0.05, 0.1) is 5.69 Å². The van der Waals surface area contributed by atoms with Crippen LogP contribution in [0.25, 0.3) is 11.1 Å². The molecule has 0 radical (unpaired) electrons. The molecule has 1 fully saturated rings. The second kappa shape index (κ2) is 6.38. The molecule has 1 N–H and O–H groups in total. The van der Waals surface area contributed by atoms with Crippen molar-refractivity contribution in [2.24, 2.45) is 11.8 Å². The molecular formula is C23H23N3O. The van der Waals surface area contributed by atoms with E-state index in [9.17, 15) is 4.79 Å². The Morgan fingerprint density at radius 1 is 1.15 bits per heavy atom. The van der Waals surface area contributed by atoms with E-state index in [2.05, 4.69) is 46.8 Å². The lowest BCUT2D eigenvalue weighted by atomic mass is 10.0. The maximum atomic E-state index is 12.4. The maximum Gasteiger partial charge on any atom is 0.241 e. The highest BCUT2D eigenvalue weighted by Gasteiger charge is 2.54. The van der Waals surface area contributed by atoms with Crippen molar-refractivity contribution in [3.05, 3.63) is 77.6 Å². The molecule has 3 atom stereocenters. The van der Waals surface area contributed by atoms with Crippen LogP contribution in [0, 0.1) is 18.8 Å². The van der Waals surface area contributed by atoms with E-state index in [-0.39, 0.29) is 12.5 Å². The number of fused-ring (bicyclic) bond motifs is 3. The number of aromatic nitrogens is 2. The molecule has 3 aromatic rings. The van der Waals surface area contributed by atoms with Gasteiger partial charge >= 0.3 is 0 Å². The van der Waals surface area contributed by atoms with Gasteiger partial charge in [0.2, 0.25) is 5.91 Å². The summed E-state index contributed by atoms with van der Waals surface area (Å²) in [6.07, 6.45) is 3.13. The highest BCUT2D eigenvalue weighted by molar-refractivity contribution is 5.76. The summed E-state index contributed by atoms with van der Waals surface area (Å²) in [6, 6.07) is 18.9. The van der Waals surface area contributed by atoms with Gasteiger partial charge < -0.3 is 5.32 Å². The number of aryl methyl sites for hydroxylation is 1. The molecule has 1 heterocycles. The van der Waals surface area contributed by atoms with Crippen LogP contribution in [0.15, 0.2) is 60.8 Å². The number of carbonyl (C=O) groups excluding carboxylic acids is 1. The molecule has 27 heavy (non-hydrogen) atoms. The fraction of sp³-hybridized carbons (Fsp3) is 0.304. The van der Waals surface area contributed by atoms with Crippen LogP contribution in [0.3, 0.4) is 0 Å². The van der Waals surface area contributed by atoms with E-state index in [1.165, 1.54) is 17.5 Å². The van der Waals surface area contributed by atoms with Crippen LogP contribution in [0.1, 0.15) is 22.7 Å². The van der Waals surface area contributed by atoms with E-state index < -0.39 is 0 Å². The zero-order valence-electron chi connectivity index (χ0n) is 15.4. The van der Waals surface area contributed by atoms with E-state index in [4.69, 9.17) is 0 Å². The smallest absolute Gasteiger partial charge is 0.241 e. The molecule has 1 aromatic heterocycles. The predicted molar refractivity (Wildman–Crippen MR) is 105 cm³/mol. The van der Waals surface area contributed by atoms with E-state index in [0.717, 1.165) is 29.3 Å². The van der Waals surface area contributed by atoms with Crippen LogP contribution in [-0.2, 0) is 17.8 Å². The van der Waals surface area contributed by atoms with Gasteiger partial charge in [-0.05, 0) is 47.8 Å². The Hall–Kier alpha value is -2.88. The normalized spacial score (nSPS) is 22.2. The van der Waals surface area contributed by atoms with Crippen LogP contribution in [0.4, 0.5) is 0 Å². The van der Waals surface area contributed by atoms with Gasteiger partial charge in [-0.25, -0.2) is 0 Å². The first-order chi connectivity index (χ1) is 13.2. The highest BCUT2D eigenvalue weighted by Crippen LogP contribution is 2.60. The molecule has 5 rings (SSSR count). The summed E-state index contributed by atoms with van der Waals surface area (Å²) < 4.78 is 1.75. The monoisotopic (exact) mass is 357 g/mol. The molecule has 3 unspecified atom stereocenters. The van der Waals surface area contributed by atoms with Crippen molar-refractivity contribution in [3.63, 3.8) is 0 Å². The first-order valence-corrected chi connectivity index (χ1v) is 9.64. The lowest BCUT2D eigenvalue weighted by molar-refractivity contribution is -0.121. The van der Waals surface area contributed by atoms with E-state index in [1.54, 1.807) is 4.68 Å². The number of nitrogens with zero attached hydrogens (tertiary/aromatic N) is 2. The SMILES string of the molecule is Cc1nn(CC(=O)NCC2C3Cc4ccccc4C23)cc1-c1ccccc1. The predicted octanol–water partition coefficient (Wildman–Crippen LogP) is 3.56. The summed E-state index contributed by atoms with van der Waals surface area (Å²) in [7, 11) is 0. The number of benzene rings is 2. The number of nitrogens with one attached hydrogen (secondary N) is 1. The molecule has 0 aliphatic heterocycles. The molecule has 0 spiro atoms. The Balaban J connectivity index is 1.18. The molecule has 4 nitrogen and oxygen atoms in total. The number of carbonyl (C=O) groups is 1. The minimum atomic E-state index is 0.0374. The first-order valence-electron chi connectivity index (χ1n) is 9.64. The standard InChI is InChI=1S/C23H23N3O/c1-15-21(16-7-3-2-4-8-16)13-26(25-15)14-22(27)24-12-20-19-11-17-9-5-6-10-18(17)23(19)20/h2-10,13,19-20,23H,11-12,14H2,1H3,(H,24,27).